The molecule has 2 atom stereocenters. The smallest absolute Gasteiger partial charge is 0.205 e. The molecule has 0 spiro atoms. The molecule has 0 saturated heterocycles. The number of carbonyl (C=O) groups excluding carboxylic acids is 1. The van der Waals surface area contributed by atoms with Gasteiger partial charge < -0.3 is 14.9 Å². The number of allylic oxidation sites excluding steroid dienone is 3. The van der Waals surface area contributed by atoms with Crippen molar-refractivity contribution < 1.29 is 22.7 Å². The van der Waals surface area contributed by atoms with Gasteiger partial charge in [0, 0.05) is 24.3 Å². The zero-order valence-electron chi connectivity index (χ0n) is 14.0. The second-order valence-corrected chi connectivity index (χ2v) is 6.48. The second-order valence-electron chi connectivity index (χ2n) is 6.48. The van der Waals surface area contributed by atoms with Crippen LogP contribution in [0.15, 0.2) is 63.8 Å². The van der Waals surface area contributed by atoms with Crippen LogP contribution in [-0.2, 0) is 9.53 Å². The Morgan fingerprint density at radius 2 is 2.00 bits per heavy atom. The molecule has 0 radical (unpaired) electrons. The van der Waals surface area contributed by atoms with Gasteiger partial charge >= 0.3 is 0 Å². The Morgan fingerprint density at radius 3 is 2.67 bits per heavy atom. The second kappa shape index (κ2) is 6.40. The van der Waals surface area contributed by atoms with Gasteiger partial charge in [0.2, 0.25) is 5.88 Å². The van der Waals surface area contributed by atoms with Crippen LogP contribution in [0.1, 0.15) is 36.0 Å². The Hall–Kier alpha value is -3.40. The maximum atomic E-state index is 13.8. The van der Waals surface area contributed by atoms with Gasteiger partial charge in [-0.25, -0.2) is 8.78 Å². The van der Waals surface area contributed by atoms with Crippen LogP contribution in [0.4, 0.5) is 8.78 Å². The number of furan rings is 1. The topological polar surface area (TPSA) is 89.3 Å². The van der Waals surface area contributed by atoms with E-state index < -0.39 is 17.6 Å². The maximum absolute atomic E-state index is 13.8. The lowest BCUT2D eigenvalue weighted by Gasteiger charge is -2.33. The minimum absolute atomic E-state index is 0.00422. The van der Waals surface area contributed by atoms with E-state index >= 15 is 0 Å². The third-order valence-electron chi connectivity index (χ3n) is 4.88. The highest BCUT2D eigenvalue weighted by atomic mass is 19.2. The summed E-state index contributed by atoms with van der Waals surface area (Å²) < 4.78 is 38.1. The predicted octanol–water partition coefficient (Wildman–Crippen LogP) is 3.77. The molecule has 0 fully saturated rings. The average Bonchev–Trinajstić information content (AvgIpc) is 3.17. The van der Waals surface area contributed by atoms with Crippen molar-refractivity contribution in [3.05, 3.63) is 82.3 Å². The molecular weight excluding hydrogens is 354 g/mol. The minimum atomic E-state index is -1.06. The monoisotopic (exact) mass is 368 g/mol. The Morgan fingerprint density at radius 1 is 1.19 bits per heavy atom. The molecular formula is C20H14F2N2O3. The molecule has 1 aliphatic heterocycles. The van der Waals surface area contributed by atoms with Crippen molar-refractivity contribution in [3.8, 4) is 6.07 Å². The lowest BCUT2D eigenvalue weighted by atomic mass is 9.74. The summed E-state index contributed by atoms with van der Waals surface area (Å²) in [7, 11) is 0. The van der Waals surface area contributed by atoms with Gasteiger partial charge in [-0.15, -0.1) is 0 Å². The summed E-state index contributed by atoms with van der Waals surface area (Å²) in [6.45, 7) is 0. The fourth-order valence-corrected chi connectivity index (χ4v) is 3.66. The van der Waals surface area contributed by atoms with Crippen molar-refractivity contribution in [3.63, 3.8) is 0 Å². The normalized spacial score (nSPS) is 22.3. The van der Waals surface area contributed by atoms with Gasteiger partial charge in [-0.3, -0.25) is 4.79 Å². The maximum Gasteiger partial charge on any atom is 0.205 e. The van der Waals surface area contributed by atoms with Crippen LogP contribution in [0, 0.1) is 23.0 Å². The predicted molar refractivity (Wildman–Crippen MR) is 89.7 cm³/mol. The third-order valence-corrected chi connectivity index (χ3v) is 4.88. The molecule has 5 nitrogen and oxygen atoms in total. The first-order chi connectivity index (χ1) is 13.0. The fourth-order valence-electron chi connectivity index (χ4n) is 3.66. The van der Waals surface area contributed by atoms with E-state index in [-0.39, 0.29) is 40.7 Å². The summed E-state index contributed by atoms with van der Waals surface area (Å²) in [4.78, 5) is 12.9. The van der Waals surface area contributed by atoms with Crippen LogP contribution in [0.25, 0.3) is 0 Å². The van der Waals surface area contributed by atoms with Crippen molar-refractivity contribution in [2.24, 2.45) is 5.73 Å². The molecule has 2 aliphatic rings. The first-order valence-electron chi connectivity index (χ1n) is 8.31. The fraction of sp³-hybridized carbons (Fsp3) is 0.200. The van der Waals surface area contributed by atoms with Gasteiger partial charge in [0.15, 0.2) is 17.4 Å². The number of halogens is 2. The van der Waals surface area contributed by atoms with E-state index in [2.05, 4.69) is 0 Å². The van der Waals surface area contributed by atoms with Crippen molar-refractivity contribution in [2.75, 3.05) is 0 Å². The van der Waals surface area contributed by atoms with Crippen molar-refractivity contribution in [1.82, 2.24) is 0 Å². The molecule has 4 rings (SSSR count). The van der Waals surface area contributed by atoms with E-state index in [0.717, 1.165) is 12.1 Å². The van der Waals surface area contributed by atoms with E-state index in [9.17, 15) is 18.8 Å². The first-order valence-corrected chi connectivity index (χ1v) is 8.31. The molecule has 1 aliphatic carbocycles. The number of hydrogen-bond acceptors (Lipinski definition) is 5. The molecule has 0 saturated carbocycles. The molecule has 27 heavy (non-hydrogen) atoms. The van der Waals surface area contributed by atoms with E-state index in [1.165, 1.54) is 12.3 Å². The molecule has 2 heterocycles. The molecule has 1 aromatic heterocycles. The number of nitrogens with two attached hydrogens (primary N) is 1. The molecule has 0 bridgehead atoms. The average molecular weight is 368 g/mol. The summed E-state index contributed by atoms with van der Waals surface area (Å²) >= 11 is 0. The number of nitrogens with zero attached hydrogens (tertiary/aromatic N) is 1. The van der Waals surface area contributed by atoms with Crippen molar-refractivity contribution >= 4 is 5.78 Å². The molecule has 0 unspecified atom stereocenters. The molecule has 2 aromatic rings. The quantitative estimate of drug-likeness (QED) is 0.872. The Kier molecular flexibility index (Phi) is 4.04. The van der Waals surface area contributed by atoms with E-state index in [0.29, 0.717) is 17.9 Å². The number of ketones is 1. The highest BCUT2D eigenvalue weighted by molar-refractivity contribution is 6.00. The largest absolute Gasteiger partial charge is 0.469 e. The van der Waals surface area contributed by atoms with E-state index in [4.69, 9.17) is 14.9 Å². The van der Waals surface area contributed by atoms with Crippen LogP contribution >= 0.6 is 0 Å². The highest BCUT2D eigenvalue weighted by Crippen LogP contribution is 2.46. The van der Waals surface area contributed by atoms with Gasteiger partial charge in [-0.2, -0.15) is 5.26 Å². The lowest BCUT2D eigenvalue weighted by molar-refractivity contribution is -0.117. The summed E-state index contributed by atoms with van der Waals surface area (Å²) in [5.74, 6) is -2.58. The summed E-state index contributed by atoms with van der Waals surface area (Å²) in [6, 6.07) is 8.73. The highest BCUT2D eigenvalue weighted by Gasteiger charge is 2.41. The summed E-state index contributed by atoms with van der Waals surface area (Å²) in [5.41, 5.74) is 6.44. The molecule has 7 heteroatoms. The van der Waals surface area contributed by atoms with Gasteiger partial charge in [0.25, 0.3) is 0 Å². The number of carbonyl (C=O) groups is 1. The first kappa shape index (κ1) is 17.0. The van der Waals surface area contributed by atoms with Gasteiger partial charge in [0.05, 0.1) is 12.2 Å². The molecule has 0 amide bonds. The molecule has 2 N–H and O–H groups in total. The Balaban J connectivity index is 1.82. The van der Waals surface area contributed by atoms with Gasteiger partial charge in [-0.1, -0.05) is 6.07 Å². The zero-order chi connectivity index (χ0) is 19.1. The third kappa shape index (κ3) is 2.79. The SMILES string of the molecule is N#CC1=C(N)OC2=C(C(=O)C[C@@H](c3ccco3)C2)[C@H]1c1ccc(F)c(F)c1. The Bertz CT molecular complexity index is 1030. The number of Topliss-reactive ketones (excluding diaryl/α,β-unsaturated/α-hetero) is 1. The van der Waals surface area contributed by atoms with Gasteiger partial charge in [0.1, 0.15) is 23.2 Å². The van der Waals surface area contributed by atoms with Crippen LogP contribution < -0.4 is 5.73 Å². The lowest BCUT2D eigenvalue weighted by Crippen LogP contribution is -2.29. The number of benzene rings is 1. The summed E-state index contributed by atoms with van der Waals surface area (Å²) in [6.07, 6.45) is 2.04. The standard InChI is InChI=1S/C20H14F2N2O3/c21-13-4-3-10(6-14(13)22)18-12(9-23)20(24)27-17-8-11(7-15(25)19(17)18)16-2-1-5-26-16/h1-6,11,18H,7-8,24H2/t11-,18+/m1/s1. The van der Waals surface area contributed by atoms with E-state index in [1.54, 1.807) is 12.1 Å². The Labute approximate surface area is 153 Å². The van der Waals surface area contributed by atoms with Crippen molar-refractivity contribution in [1.29, 1.82) is 5.26 Å². The van der Waals surface area contributed by atoms with Crippen molar-refractivity contribution in [2.45, 2.75) is 24.7 Å². The van der Waals surface area contributed by atoms with Crippen LogP contribution in [0.3, 0.4) is 0 Å². The number of rotatable bonds is 2. The molecule has 136 valence electrons. The van der Waals surface area contributed by atoms with Crippen LogP contribution in [-0.4, -0.2) is 5.78 Å². The van der Waals surface area contributed by atoms with Crippen LogP contribution in [0.5, 0.6) is 0 Å². The van der Waals surface area contributed by atoms with E-state index in [1.807, 2.05) is 6.07 Å². The number of ether oxygens (including phenoxy) is 1. The number of hydrogen-bond donors (Lipinski definition) is 1. The summed E-state index contributed by atoms with van der Waals surface area (Å²) in [5, 5.41) is 9.51. The van der Waals surface area contributed by atoms with Gasteiger partial charge in [-0.05, 0) is 29.8 Å². The zero-order valence-corrected chi connectivity index (χ0v) is 14.0. The number of nitriles is 1. The molecule has 1 aromatic carbocycles. The van der Waals surface area contributed by atoms with Crippen LogP contribution in [0.2, 0.25) is 0 Å². The minimum Gasteiger partial charge on any atom is -0.469 e.